The van der Waals surface area contributed by atoms with Crippen LogP contribution in [0.3, 0.4) is 0 Å². The number of aromatic amines is 1. The fourth-order valence-corrected chi connectivity index (χ4v) is 2.36. The van der Waals surface area contributed by atoms with Gasteiger partial charge in [-0.3, -0.25) is 4.79 Å². The SMILES string of the molecule is CC.CC1CC1.COc1cc(N)ncc1-c1c[nH]c2nc(NC=O)ccc12. The molecule has 1 aliphatic rings. The van der Waals surface area contributed by atoms with E-state index in [0.717, 1.165) is 22.4 Å². The third-order valence-electron chi connectivity index (χ3n) is 4.01. The van der Waals surface area contributed by atoms with Crippen LogP contribution >= 0.6 is 0 Å². The molecule has 1 fully saturated rings. The molecule has 0 saturated heterocycles. The number of hydrogen-bond acceptors (Lipinski definition) is 5. The molecule has 0 atom stereocenters. The predicted molar refractivity (Wildman–Crippen MR) is 110 cm³/mol. The Labute approximate surface area is 159 Å². The van der Waals surface area contributed by atoms with Gasteiger partial charge in [0, 0.05) is 35.0 Å². The first-order valence-electron chi connectivity index (χ1n) is 9.10. The highest BCUT2D eigenvalue weighted by molar-refractivity contribution is 5.96. The van der Waals surface area contributed by atoms with Gasteiger partial charge in [-0.15, -0.1) is 0 Å². The lowest BCUT2D eigenvalue weighted by Crippen LogP contribution is -1.96. The van der Waals surface area contributed by atoms with Gasteiger partial charge in [-0.2, -0.15) is 0 Å². The predicted octanol–water partition coefficient (Wildman–Crippen LogP) is 4.23. The number of aromatic nitrogens is 3. The molecular weight excluding hydrogens is 342 g/mol. The topological polar surface area (TPSA) is 106 Å². The van der Waals surface area contributed by atoms with Gasteiger partial charge >= 0.3 is 0 Å². The average molecular weight is 369 g/mol. The van der Waals surface area contributed by atoms with Gasteiger partial charge < -0.3 is 20.8 Å². The molecule has 0 radical (unpaired) electrons. The Hall–Kier alpha value is -3.09. The third-order valence-corrected chi connectivity index (χ3v) is 4.01. The zero-order valence-corrected chi connectivity index (χ0v) is 16.2. The van der Waals surface area contributed by atoms with Crippen LogP contribution in [0.1, 0.15) is 33.6 Å². The van der Waals surface area contributed by atoms with E-state index in [9.17, 15) is 4.79 Å². The Bertz CT molecular complexity index is 887. The molecule has 3 heterocycles. The number of nitrogens with zero attached hydrogens (tertiary/aromatic N) is 2. The van der Waals surface area contributed by atoms with Crippen LogP contribution in [0.25, 0.3) is 22.2 Å². The van der Waals surface area contributed by atoms with Gasteiger partial charge in [-0.1, -0.05) is 33.6 Å². The van der Waals surface area contributed by atoms with Crippen molar-refractivity contribution in [1.82, 2.24) is 15.0 Å². The van der Waals surface area contributed by atoms with E-state index in [1.807, 2.05) is 26.1 Å². The smallest absolute Gasteiger partial charge is 0.212 e. The summed E-state index contributed by atoms with van der Waals surface area (Å²) >= 11 is 0. The summed E-state index contributed by atoms with van der Waals surface area (Å²) in [4.78, 5) is 21.9. The summed E-state index contributed by atoms with van der Waals surface area (Å²) in [6.45, 7) is 6.28. The normalized spacial score (nSPS) is 12.3. The van der Waals surface area contributed by atoms with Gasteiger partial charge in [0.2, 0.25) is 6.41 Å². The molecule has 0 unspecified atom stereocenters. The quantitative estimate of drug-likeness (QED) is 0.597. The molecule has 3 aromatic heterocycles. The molecule has 7 nitrogen and oxygen atoms in total. The molecule has 0 aliphatic heterocycles. The number of ether oxygens (including phenoxy) is 1. The van der Waals surface area contributed by atoms with Crippen LogP contribution in [-0.2, 0) is 4.79 Å². The van der Waals surface area contributed by atoms with E-state index in [-0.39, 0.29) is 0 Å². The highest BCUT2D eigenvalue weighted by atomic mass is 16.5. The lowest BCUT2D eigenvalue weighted by molar-refractivity contribution is -0.105. The molecule has 0 spiro atoms. The fourth-order valence-electron chi connectivity index (χ4n) is 2.36. The molecule has 1 aliphatic carbocycles. The maximum Gasteiger partial charge on any atom is 0.212 e. The number of fused-ring (bicyclic) bond motifs is 1. The Morgan fingerprint density at radius 3 is 2.59 bits per heavy atom. The van der Waals surface area contributed by atoms with Gasteiger partial charge in [0.25, 0.3) is 0 Å². The van der Waals surface area contributed by atoms with E-state index < -0.39 is 0 Å². The molecular formula is C20H27N5O2. The Kier molecular flexibility index (Phi) is 7.16. The maximum absolute atomic E-state index is 10.5. The number of anilines is 2. The second-order valence-electron chi connectivity index (χ2n) is 6.05. The van der Waals surface area contributed by atoms with E-state index in [4.69, 9.17) is 10.5 Å². The largest absolute Gasteiger partial charge is 0.496 e. The number of carbonyl (C=O) groups is 1. The Balaban J connectivity index is 0.000000378. The lowest BCUT2D eigenvalue weighted by Gasteiger charge is -2.07. The highest BCUT2D eigenvalue weighted by Crippen LogP contribution is 2.35. The molecule has 1 amide bonds. The first-order valence-corrected chi connectivity index (χ1v) is 9.10. The first kappa shape index (κ1) is 20.2. The molecule has 0 bridgehead atoms. The van der Waals surface area contributed by atoms with E-state index in [1.54, 1.807) is 25.4 Å². The van der Waals surface area contributed by atoms with Crippen molar-refractivity contribution in [3.05, 3.63) is 30.6 Å². The van der Waals surface area contributed by atoms with Gasteiger partial charge in [0.1, 0.15) is 23.0 Å². The standard InChI is InChI=1S/C14H13N5O2.C4H8.C2H6/c1-21-11-4-12(15)16-6-10(11)9-5-17-14-8(9)2-3-13(19-14)18-7-20;1-4-2-3-4;1-2/h2-7H,1H3,(H2,15,16)(H2,17,18,19,20);4H,2-3H2,1H3;1-2H3. The van der Waals surface area contributed by atoms with Crippen LogP contribution in [0.5, 0.6) is 5.75 Å². The minimum absolute atomic E-state index is 0.394. The summed E-state index contributed by atoms with van der Waals surface area (Å²) in [7, 11) is 1.58. The van der Waals surface area contributed by atoms with Crippen molar-refractivity contribution in [2.24, 2.45) is 5.92 Å². The monoisotopic (exact) mass is 369 g/mol. The Morgan fingerprint density at radius 1 is 1.30 bits per heavy atom. The van der Waals surface area contributed by atoms with Crippen LogP contribution in [0.15, 0.2) is 30.6 Å². The molecule has 7 heteroatoms. The van der Waals surface area contributed by atoms with Crippen molar-refractivity contribution in [3.63, 3.8) is 0 Å². The summed E-state index contributed by atoms with van der Waals surface area (Å²) in [5.74, 6) is 2.60. The van der Waals surface area contributed by atoms with E-state index >= 15 is 0 Å². The number of nitrogens with one attached hydrogen (secondary N) is 2. The lowest BCUT2D eigenvalue weighted by atomic mass is 10.1. The van der Waals surface area contributed by atoms with Crippen molar-refractivity contribution in [2.45, 2.75) is 33.6 Å². The molecule has 27 heavy (non-hydrogen) atoms. The zero-order valence-electron chi connectivity index (χ0n) is 16.2. The number of methoxy groups -OCH3 is 1. The average Bonchev–Trinajstić information content (AvgIpc) is 3.36. The summed E-state index contributed by atoms with van der Waals surface area (Å²) in [5.41, 5.74) is 8.05. The molecule has 144 valence electrons. The number of hydrogen-bond donors (Lipinski definition) is 3. The number of pyridine rings is 2. The minimum atomic E-state index is 0.394. The summed E-state index contributed by atoms with van der Waals surface area (Å²) in [6, 6.07) is 5.27. The second kappa shape index (κ2) is 9.56. The third kappa shape index (κ3) is 5.20. The summed E-state index contributed by atoms with van der Waals surface area (Å²) in [6.07, 6.45) is 7.04. The number of nitrogen functional groups attached to an aromatic ring is 1. The van der Waals surface area contributed by atoms with E-state index in [1.165, 1.54) is 12.8 Å². The van der Waals surface area contributed by atoms with Crippen LogP contribution < -0.4 is 15.8 Å². The van der Waals surface area contributed by atoms with E-state index in [2.05, 4.69) is 27.2 Å². The molecule has 1 saturated carbocycles. The van der Waals surface area contributed by atoms with Gasteiger partial charge in [0.15, 0.2) is 0 Å². The van der Waals surface area contributed by atoms with E-state index in [0.29, 0.717) is 29.4 Å². The number of nitrogens with two attached hydrogens (primary N) is 1. The number of amides is 1. The number of H-pyrrole nitrogens is 1. The first-order chi connectivity index (χ1) is 13.1. The molecule has 4 rings (SSSR count). The second-order valence-corrected chi connectivity index (χ2v) is 6.05. The van der Waals surface area contributed by atoms with Crippen molar-refractivity contribution in [3.8, 4) is 16.9 Å². The van der Waals surface area contributed by atoms with Crippen molar-refractivity contribution >= 4 is 29.1 Å². The minimum Gasteiger partial charge on any atom is -0.496 e. The molecule has 3 aromatic rings. The highest BCUT2D eigenvalue weighted by Gasteiger charge is 2.13. The van der Waals surface area contributed by atoms with Crippen molar-refractivity contribution < 1.29 is 9.53 Å². The van der Waals surface area contributed by atoms with Gasteiger partial charge in [-0.05, 0) is 18.1 Å². The number of carbonyl (C=O) groups excluding carboxylic acids is 1. The van der Waals surface area contributed by atoms with Gasteiger partial charge in [0.05, 0.1) is 7.11 Å². The van der Waals surface area contributed by atoms with Crippen LogP contribution in [-0.4, -0.2) is 28.5 Å². The summed E-state index contributed by atoms with van der Waals surface area (Å²) < 4.78 is 5.35. The summed E-state index contributed by atoms with van der Waals surface area (Å²) in [5, 5.41) is 3.41. The van der Waals surface area contributed by atoms with Crippen molar-refractivity contribution in [2.75, 3.05) is 18.2 Å². The Morgan fingerprint density at radius 2 is 2.00 bits per heavy atom. The van der Waals surface area contributed by atoms with Crippen LogP contribution in [0, 0.1) is 5.92 Å². The molecule has 0 aromatic carbocycles. The fraction of sp³-hybridized carbons (Fsp3) is 0.350. The van der Waals surface area contributed by atoms with Crippen LogP contribution in [0.4, 0.5) is 11.6 Å². The van der Waals surface area contributed by atoms with Crippen LogP contribution in [0.2, 0.25) is 0 Å². The van der Waals surface area contributed by atoms with Crippen molar-refractivity contribution in [1.29, 1.82) is 0 Å². The number of rotatable bonds is 4. The zero-order chi connectivity index (χ0) is 19.8. The maximum atomic E-state index is 10.5. The molecule has 4 N–H and O–H groups in total. The van der Waals surface area contributed by atoms with Gasteiger partial charge in [-0.25, -0.2) is 9.97 Å².